The Labute approximate surface area is 148 Å². The summed E-state index contributed by atoms with van der Waals surface area (Å²) in [6.07, 6.45) is 0. The summed E-state index contributed by atoms with van der Waals surface area (Å²) in [5.41, 5.74) is 3.64. The number of hydrogen-bond donors (Lipinski definition) is 1. The van der Waals surface area contributed by atoms with Crippen LogP contribution in [0.3, 0.4) is 0 Å². The number of hydrogen-bond acceptors (Lipinski definition) is 4. The van der Waals surface area contributed by atoms with Gasteiger partial charge in [0, 0.05) is 35.0 Å². The maximum Gasteiger partial charge on any atom is 0.120 e. The van der Waals surface area contributed by atoms with Gasteiger partial charge in [-0.2, -0.15) is 5.26 Å². The molecule has 1 atom stereocenters. The third kappa shape index (κ3) is 3.09. The summed E-state index contributed by atoms with van der Waals surface area (Å²) in [6.45, 7) is 2.70. The number of aryl methyl sites for hydroxylation is 1. The number of aromatic nitrogens is 1. The molecule has 0 aliphatic heterocycles. The molecule has 0 amide bonds. The normalized spacial score (nSPS) is 11.9. The Bertz CT molecular complexity index is 987. The molecule has 3 rings (SSSR count). The van der Waals surface area contributed by atoms with Gasteiger partial charge in [-0.15, -0.1) is 0 Å². The first-order chi connectivity index (χ1) is 12.1. The van der Waals surface area contributed by atoms with E-state index in [1.54, 1.807) is 31.4 Å². The van der Waals surface area contributed by atoms with Crippen molar-refractivity contribution in [2.45, 2.75) is 13.5 Å². The lowest BCUT2D eigenvalue weighted by atomic mass is 10.1. The summed E-state index contributed by atoms with van der Waals surface area (Å²) in [5.74, 6) is 0.730. The van der Waals surface area contributed by atoms with Crippen molar-refractivity contribution < 1.29 is 13.5 Å². The lowest BCUT2D eigenvalue weighted by molar-refractivity contribution is 0.415. The van der Waals surface area contributed by atoms with Gasteiger partial charge in [0.25, 0.3) is 0 Å². The van der Waals surface area contributed by atoms with Gasteiger partial charge in [0.05, 0.1) is 23.9 Å². The van der Waals surface area contributed by atoms with Gasteiger partial charge < -0.3 is 18.6 Å². The average molecular weight is 354 g/mol. The number of ether oxygens (including phenoxy) is 1. The molecule has 0 spiro atoms. The molecule has 25 heavy (non-hydrogen) atoms. The molecule has 2 aromatic carbocycles. The third-order valence-electron chi connectivity index (χ3n) is 4.06. The number of rotatable bonds is 5. The zero-order valence-corrected chi connectivity index (χ0v) is 14.6. The summed E-state index contributed by atoms with van der Waals surface area (Å²) < 4.78 is 31.1. The molecule has 0 fully saturated rings. The Morgan fingerprint density at radius 2 is 2.00 bits per heavy atom. The largest absolute Gasteiger partial charge is 0.755 e. The van der Waals surface area contributed by atoms with Crippen molar-refractivity contribution in [3.05, 3.63) is 48.0 Å². The number of nitrogens with one attached hydrogen (secondary N) is 1. The number of methoxy groups -OCH3 is 1. The predicted octanol–water partition coefficient (Wildman–Crippen LogP) is 3.41. The van der Waals surface area contributed by atoms with Crippen molar-refractivity contribution in [1.82, 2.24) is 4.57 Å². The van der Waals surface area contributed by atoms with Gasteiger partial charge in [0.15, 0.2) is 0 Å². The van der Waals surface area contributed by atoms with Gasteiger partial charge >= 0.3 is 0 Å². The van der Waals surface area contributed by atoms with E-state index in [1.807, 2.05) is 25.1 Å². The molecular weight excluding hydrogens is 338 g/mol. The van der Waals surface area contributed by atoms with Gasteiger partial charge in [-0.1, -0.05) is 12.1 Å². The number of anilines is 1. The van der Waals surface area contributed by atoms with E-state index in [0.29, 0.717) is 17.8 Å². The summed E-state index contributed by atoms with van der Waals surface area (Å²) >= 11 is -2.37. The van der Waals surface area contributed by atoms with E-state index in [2.05, 4.69) is 15.4 Å². The van der Waals surface area contributed by atoms with Crippen molar-refractivity contribution in [3.8, 4) is 23.1 Å². The molecule has 0 aliphatic carbocycles. The van der Waals surface area contributed by atoms with Crippen LogP contribution < -0.4 is 9.46 Å². The number of fused-ring (bicyclic) bond motifs is 1. The molecule has 1 unspecified atom stereocenters. The zero-order chi connectivity index (χ0) is 18.0. The van der Waals surface area contributed by atoms with Crippen LogP contribution in [0, 0.1) is 11.3 Å². The second-order valence-electron chi connectivity index (χ2n) is 5.38. The maximum atomic E-state index is 10.7. The fourth-order valence-electron chi connectivity index (χ4n) is 2.99. The molecule has 0 radical (unpaired) electrons. The molecular formula is C18H16N3O3S-. The predicted molar refractivity (Wildman–Crippen MR) is 96.9 cm³/mol. The minimum Gasteiger partial charge on any atom is -0.755 e. The first kappa shape index (κ1) is 17.0. The van der Waals surface area contributed by atoms with Crippen LogP contribution in [0.1, 0.15) is 12.5 Å². The Balaban J connectivity index is 2.21. The van der Waals surface area contributed by atoms with E-state index >= 15 is 0 Å². The molecule has 0 saturated carbocycles. The summed E-state index contributed by atoms with van der Waals surface area (Å²) in [6, 6.07) is 14.9. The zero-order valence-electron chi connectivity index (χ0n) is 13.8. The fraction of sp³-hybridized carbons (Fsp3) is 0.167. The monoisotopic (exact) mass is 354 g/mol. The standard InChI is InChI=1S/C18H17N3O3S/c1-3-21-17-10-14(24-2)8-9-15(17)16(11-19)18(21)12-4-6-13(7-5-12)20-25(22)23/h4-10,20H,3H2,1-2H3,(H,22,23)/p-1. The number of nitriles is 1. The first-order valence-corrected chi connectivity index (χ1v) is 8.73. The van der Waals surface area contributed by atoms with Gasteiger partial charge in [-0.05, 0) is 36.8 Å². The Morgan fingerprint density at radius 1 is 1.28 bits per heavy atom. The van der Waals surface area contributed by atoms with Crippen LogP contribution in [-0.2, 0) is 17.8 Å². The topological polar surface area (TPSA) is 90.1 Å². The highest BCUT2D eigenvalue weighted by Crippen LogP contribution is 2.35. The Hall–Kier alpha value is -2.82. The van der Waals surface area contributed by atoms with Crippen LogP contribution in [0.5, 0.6) is 5.75 Å². The van der Waals surface area contributed by atoms with Crippen LogP contribution in [0.25, 0.3) is 22.2 Å². The van der Waals surface area contributed by atoms with Crippen molar-refractivity contribution in [2.24, 2.45) is 0 Å². The molecule has 1 heterocycles. The van der Waals surface area contributed by atoms with Crippen LogP contribution in [0.4, 0.5) is 5.69 Å². The lowest BCUT2D eigenvalue weighted by Crippen LogP contribution is -2.02. The first-order valence-electron chi connectivity index (χ1n) is 7.65. The number of benzene rings is 2. The summed E-state index contributed by atoms with van der Waals surface area (Å²) in [5, 5.41) is 10.6. The highest BCUT2D eigenvalue weighted by molar-refractivity contribution is 7.80. The van der Waals surface area contributed by atoms with Gasteiger partial charge in [0.2, 0.25) is 0 Å². The van der Waals surface area contributed by atoms with E-state index in [9.17, 15) is 14.0 Å². The SMILES string of the molecule is CCn1c(-c2ccc(NS(=O)[O-])cc2)c(C#N)c2ccc(OC)cc21. The highest BCUT2D eigenvalue weighted by Gasteiger charge is 2.18. The van der Waals surface area contributed by atoms with E-state index < -0.39 is 11.3 Å². The van der Waals surface area contributed by atoms with E-state index in [4.69, 9.17) is 4.74 Å². The molecule has 0 aliphatic rings. The van der Waals surface area contributed by atoms with E-state index in [-0.39, 0.29) is 0 Å². The Kier molecular flexibility index (Phi) is 4.74. The van der Waals surface area contributed by atoms with E-state index in [1.165, 1.54) is 0 Å². The second-order valence-corrected chi connectivity index (χ2v) is 6.05. The maximum absolute atomic E-state index is 10.7. The van der Waals surface area contributed by atoms with E-state index in [0.717, 1.165) is 27.9 Å². The minimum absolute atomic E-state index is 0.469. The van der Waals surface area contributed by atoms with Crippen LogP contribution >= 0.6 is 0 Å². The molecule has 7 heteroatoms. The van der Waals surface area contributed by atoms with Crippen molar-refractivity contribution in [2.75, 3.05) is 11.8 Å². The molecule has 3 aromatic rings. The molecule has 1 N–H and O–H groups in total. The quantitative estimate of drug-likeness (QED) is 0.711. The molecule has 6 nitrogen and oxygen atoms in total. The summed E-state index contributed by atoms with van der Waals surface area (Å²) in [4.78, 5) is 0. The van der Waals surface area contributed by atoms with Gasteiger partial charge in [-0.25, -0.2) is 0 Å². The van der Waals surface area contributed by atoms with Crippen LogP contribution in [0.2, 0.25) is 0 Å². The molecule has 1 aromatic heterocycles. The molecule has 0 bridgehead atoms. The Morgan fingerprint density at radius 3 is 2.56 bits per heavy atom. The van der Waals surface area contributed by atoms with Crippen LogP contribution in [-0.4, -0.2) is 20.4 Å². The lowest BCUT2D eigenvalue weighted by Gasteiger charge is -2.11. The van der Waals surface area contributed by atoms with Gasteiger partial charge in [0.1, 0.15) is 11.8 Å². The second kappa shape index (κ2) is 6.97. The van der Waals surface area contributed by atoms with Crippen LogP contribution in [0.15, 0.2) is 42.5 Å². The van der Waals surface area contributed by atoms with Crippen molar-refractivity contribution >= 4 is 27.9 Å². The number of nitrogens with zero attached hydrogens (tertiary/aromatic N) is 2. The summed E-state index contributed by atoms with van der Waals surface area (Å²) in [7, 11) is 1.61. The fourth-order valence-corrected chi connectivity index (χ4v) is 3.32. The molecule has 128 valence electrons. The molecule has 0 saturated heterocycles. The van der Waals surface area contributed by atoms with Gasteiger partial charge in [-0.3, -0.25) is 4.21 Å². The van der Waals surface area contributed by atoms with Crippen molar-refractivity contribution in [1.29, 1.82) is 5.26 Å². The minimum atomic E-state index is -2.37. The third-order valence-corrected chi connectivity index (χ3v) is 4.46. The van der Waals surface area contributed by atoms with Crippen molar-refractivity contribution in [3.63, 3.8) is 0 Å². The average Bonchev–Trinajstić information content (AvgIpc) is 2.94. The smallest absolute Gasteiger partial charge is 0.120 e. The highest BCUT2D eigenvalue weighted by atomic mass is 32.2.